The first-order valence-electron chi connectivity index (χ1n) is 25.2. The number of para-hydroxylation sites is 2. The van der Waals surface area contributed by atoms with Crippen LogP contribution in [-0.2, 0) is 16.2 Å². The maximum atomic E-state index is 7.15. The second kappa shape index (κ2) is 17.0. The Hall–Kier alpha value is -7.67. The lowest BCUT2D eigenvalue weighted by molar-refractivity contribution is 0.479. The summed E-state index contributed by atoms with van der Waals surface area (Å²) in [6, 6.07) is 66.6. The number of pyridine rings is 1. The number of fused-ring (bicyclic) bond motifs is 8. The van der Waals surface area contributed by atoms with Crippen LogP contribution >= 0.6 is 11.3 Å². The predicted octanol–water partition coefficient (Wildman–Crippen LogP) is 18.8. The Morgan fingerprint density at radius 2 is 1.07 bits per heavy atom. The monoisotopic (exact) mass is 956 g/mol. The van der Waals surface area contributed by atoms with Gasteiger partial charge < -0.3 is 14.5 Å². The Morgan fingerprint density at radius 3 is 1.74 bits per heavy atom. The van der Waals surface area contributed by atoms with E-state index in [0.717, 1.165) is 45.4 Å². The molecule has 1 aliphatic heterocycles. The number of ether oxygens (including phenoxy) is 1. The highest BCUT2D eigenvalue weighted by Crippen LogP contribution is 2.52. The van der Waals surface area contributed by atoms with Crippen molar-refractivity contribution in [1.82, 2.24) is 9.55 Å². The van der Waals surface area contributed by atoms with Crippen molar-refractivity contribution in [1.29, 1.82) is 0 Å². The van der Waals surface area contributed by atoms with Crippen LogP contribution in [0.4, 0.5) is 22.7 Å². The summed E-state index contributed by atoms with van der Waals surface area (Å²) >= 11 is 1.87. The van der Waals surface area contributed by atoms with Crippen LogP contribution in [0.2, 0.25) is 0 Å². The maximum absolute atomic E-state index is 7.15. The smallest absolute Gasteiger partial charge is 0.137 e. The Morgan fingerprint density at radius 1 is 0.472 bits per heavy atom. The molecule has 6 heteroatoms. The maximum Gasteiger partial charge on any atom is 0.137 e. The molecule has 4 heterocycles. The summed E-state index contributed by atoms with van der Waals surface area (Å²) in [5.74, 6) is 2.46. The van der Waals surface area contributed by atoms with Gasteiger partial charge in [0.2, 0.25) is 0 Å². The van der Waals surface area contributed by atoms with E-state index in [4.69, 9.17) is 9.72 Å². The zero-order chi connectivity index (χ0) is 49.7. The van der Waals surface area contributed by atoms with Crippen molar-refractivity contribution in [2.75, 3.05) is 16.5 Å². The van der Waals surface area contributed by atoms with Crippen LogP contribution < -0.4 is 14.5 Å². The number of aromatic nitrogens is 2. The number of anilines is 4. The first kappa shape index (κ1) is 45.5. The van der Waals surface area contributed by atoms with Gasteiger partial charge in [-0.25, -0.2) is 4.98 Å². The van der Waals surface area contributed by atoms with Gasteiger partial charge in [0.05, 0.1) is 28.1 Å². The van der Waals surface area contributed by atoms with Crippen molar-refractivity contribution in [3.05, 3.63) is 205 Å². The molecule has 0 atom stereocenters. The fourth-order valence-corrected chi connectivity index (χ4v) is 11.9. The summed E-state index contributed by atoms with van der Waals surface area (Å²) in [5, 5.41) is 4.99. The van der Waals surface area contributed by atoms with Gasteiger partial charge in [0.25, 0.3) is 0 Å². The van der Waals surface area contributed by atoms with Gasteiger partial charge >= 0.3 is 0 Å². The van der Waals surface area contributed by atoms with Crippen molar-refractivity contribution < 1.29 is 4.74 Å². The quantitative estimate of drug-likeness (QED) is 0.159. The normalized spacial score (nSPS) is 13.2. The first-order chi connectivity index (χ1) is 34.6. The molecule has 3 aromatic heterocycles. The van der Waals surface area contributed by atoms with E-state index in [9.17, 15) is 0 Å². The number of thiophene rings is 1. The number of hydrogen-bond donors (Lipinski definition) is 0. The molecule has 0 amide bonds. The van der Waals surface area contributed by atoms with Crippen molar-refractivity contribution in [2.45, 2.75) is 78.6 Å². The van der Waals surface area contributed by atoms with Gasteiger partial charge in [0.15, 0.2) is 0 Å². The van der Waals surface area contributed by atoms with Crippen LogP contribution in [0.25, 0.3) is 70.0 Å². The van der Waals surface area contributed by atoms with Crippen LogP contribution in [0, 0.1) is 0 Å². The number of rotatable bonds is 7. The minimum atomic E-state index is -0.160. The van der Waals surface area contributed by atoms with Crippen molar-refractivity contribution in [3.8, 4) is 39.6 Å². The molecule has 0 bridgehead atoms. The highest BCUT2D eigenvalue weighted by Gasteiger charge is 2.34. The molecule has 1 aliphatic rings. The summed E-state index contributed by atoms with van der Waals surface area (Å²) in [6.45, 7) is 21.2. The SMILES string of the molecule is CC(C)(C)c1cc(Oc2ccc3c4c5sc6ccccc6c5ccc4n(-c4cc(C(C)(C)C)ccn4)c3c2)cc(N2CN(c3c(-c4ccccc4)cc(C(C)(C)C)cc3-c3ccccc3)c3ccccc32)c1. The second-order valence-corrected chi connectivity index (χ2v) is 23.6. The highest BCUT2D eigenvalue weighted by molar-refractivity contribution is 7.26. The zero-order valence-corrected chi connectivity index (χ0v) is 43.5. The minimum Gasteiger partial charge on any atom is -0.457 e. The third-order valence-corrected chi connectivity index (χ3v) is 15.8. The van der Waals surface area contributed by atoms with Gasteiger partial charge in [-0.05, 0) is 117 Å². The summed E-state index contributed by atoms with van der Waals surface area (Å²) in [7, 11) is 0. The Balaban J connectivity index is 1.01. The van der Waals surface area contributed by atoms with Crippen LogP contribution in [0.3, 0.4) is 0 Å². The average molecular weight is 957 g/mol. The van der Waals surface area contributed by atoms with Gasteiger partial charge in [-0.15, -0.1) is 11.3 Å². The van der Waals surface area contributed by atoms with Gasteiger partial charge in [0, 0.05) is 66.1 Å². The molecule has 0 aliphatic carbocycles. The van der Waals surface area contributed by atoms with Gasteiger partial charge in [-0.1, -0.05) is 159 Å². The summed E-state index contributed by atoms with van der Waals surface area (Å²) in [5.41, 5.74) is 15.1. The molecule has 11 aromatic rings. The summed E-state index contributed by atoms with van der Waals surface area (Å²) in [6.07, 6.45) is 1.95. The molecule has 0 radical (unpaired) electrons. The van der Waals surface area contributed by atoms with Crippen molar-refractivity contribution in [3.63, 3.8) is 0 Å². The average Bonchev–Trinajstić information content (AvgIpc) is 4.05. The van der Waals surface area contributed by atoms with Crippen molar-refractivity contribution >= 4 is 76.1 Å². The van der Waals surface area contributed by atoms with Crippen LogP contribution in [0.15, 0.2) is 188 Å². The van der Waals surface area contributed by atoms with Gasteiger partial charge in [-0.3, -0.25) is 4.57 Å². The number of hydrogen-bond acceptors (Lipinski definition) is 5. The molecule has 12 rings (SSSR count). The van der Waals surface area contributed by atoms with E-state index in [0.29, 0.717) is 6.67 Å². The summed E-state index contributed by atoms with van der Waals surface area (Å²) in [4.78, 5) is 10.0. The molecule has 0 spiro atoms. The molecule has 356 valence electrons. The highest BCUT2D eigenvalue weighted by atomic mass is 32.1. The lowest BCUT2D eigenvalue weighted by Gasteiger charge is -2.30. The molecular weight excluding hydrogens is 897 g/mol. The standard InChI is InChI=1S/C66H60N4OS/c1-64(2,3)44-32-33-67-60(38-44)70-57-31-30-51-50-24-16-19-27-59(50)72-63(51)61(57)52-29-28-48(40-58(52)70)71-49-35-45(65(4,5)6)34-47(39-49)68-41-69(56-26-18-17-25-55(56)68)62-53(42-20-12-10-13-21-42)36-46(66(7,8)9)37-54(62)43-22-14-11-15-23-43/h10-40H,41H2,1-9H3. The van der Waals surface area contributed by atoms with Gasteiger partial charge in [0.1, 0.15) is 24.0 Å². The molecule has 5 nitrogen and oxygen atoms in total. The predicted molar refractivity (Wildman–Crippen MR) is 307 cm³/mol. The van der Waals surface area contributed by atoms with E-state index in [1.165, 1.54) is 75.6 Å². The molecular formula is C66H60N4OS. The van der Waals surface area contributed by atoms with E-state index in [-0.39, 0.29) is 16.2 Å². The molecule has 0 unspecified atom stereocenters. The number of benzene rings is 8. The van der Waals surface area contributed by atoms with E-state index in [1.54, 1.807) is 0 Å². The van der Waals surface area contributed by atoms with E-state index in [1.807, 2.05) is 17.5 Å². The third-order valence-electron chi connectivity index (χ3n) is 14.6. The molecule has 0 fully saturated rings. The van der Waals surface area contributed by atoms with Crippen LogP contribution in [0.5, 0.6) is 11.5 Å². The van der Waals surface area contributed by atoms with E-state index < -0.39 is 0 Å². The molecule has 0 N–H and O–H groups in total. The lowest BCUT2D eigenvalue weighted by Crippen LogP contribution is -2.26. The lowest BCUT2D eigenvalue weighted by atomic mass is 9.82. The minimum absolute atomic E-state index is 0.0443. The van der Waals surface area contributed by atoms with E-state index in [2.05, 4.69) is 259 Å². The fraction of sp³-hybridized carbons (Fsp3) is 0.197. The first-order valence-corrected chi connectivity index (χ1v) is 26.0. The molecule has 8 aromatic carbocycles. The third kappa shape index (κ3) is 7.89. The summed E-state index contributed by atoms with van der Waals surface area (Å²) < 4.78 is 12.1. The molecule has 0 saturated carbocycles. The van der Waals surface area contributed by atoms with Crippen molar-refractivity contribution in [2.24, 2.45) is 0 Å². The van der Waals surface area contributed by atoms with E-state index >= 15 is 0 Å². The van der Waals surface area contributed by atoms with Crippen LogP contribution in [-0.4, -0.2) is 16.2 Å². The van der Waals surface area contributed by atoms with Gasteiger partial charge in [-0.2, -0.15) is 0 Å². The second-order valence-electron chi connectivity index (χ2n) is 22.6. The Bertz CT molecular complexity index is 3820. The van der Waals surface area contributed by atoms with Crippen LogP contribution in [0.1, 0.15) is 79.0 Å². The zero-order valence-electron chi connectivity index (χ0n) is 42.7. The Kier molecular flexibility index (Phi) is 10.7. The Labute approximate surface area is 427 Å². The fourth-order valence-electron chi connectivity index (χ4n) is 10.6. The topological polar surface area (TPSA) is 33.5 Å². The number of nitrogens with zero attached hydrogens (tertiary/aromatic N) is 4. The molecule has 72 heavy (non-hydrogen) atoms. The largest absolute Gasteiger partial charge is 0.457 e. The molecule has 0 saturated heterocycles.